The van der Waals surface area contributed by atoms with E-state index in [-0.39, 0.29) is 6.03 Å². The number of hydrogen-bond donors (Lipinski definition) is 3. The number of carbonyl (C=O) groups excluding carboxylic acids is 1. The number of furan rings is 1. The first kappa shape index (κ1) is 14.4. The molecule has 0 saturated heterocycles. The predicted octanol–water partition coefficient (Wildman–Crippen LogP) is 2.06. The van der Waals surface area contributed by atoms with Crippen LogP contribution in [0.25, 0.3) is 0 Å². The van der Waals surface area contributed by atoms with E-state index < -0.39 is 12.6 Å². The molecule has 1 heterocycles. The highest BCUT2D eigenvalue weighted by Gasteiger charge is 2.04. The molecular weight excluding hydrogens is 276 g/mol. The molecule has 0 unspecified atom stereocenters. The summed E-state index contributed by atoms with van der Waals surface area (Å²) in [6, 6.07) is 9.51. The summed E-state index contributed by atoms with van der Waals surface area (Å²) < 4.78 is 10.1. The van der Waals surface area contributed by atoms with E-state index in [0.717, 1.165) is 0 Å². The highest BCUT2D eigenvalue weighted by atomic mass is 16.5. The summed E-state index contributed by atoms with van der Waals surface area (Å²) in [4.78, 5) is 22.0. The number of amides is 2. The van der Waals surface area contributed by atoms with E-state index in [2.05, 4.69) is 10.6 Å². The largest absolute Gasteiger partial charge is 0.482 e. The second-order valence-corrected chi connectivity index (χ2v) is 4.09. The fourth-order valence-corrected chi connectivity index (χ4v) is 1.54. The SMILES string of the molecule is O=C(O)COc1ccc(NC(=O)NCc2ccco2)cc1. The molecule has 0 bridgehead atoms. The normalized spacial score (nSPS) is 9.90. The molecule has 0 aliphatic carbocycles. The van der Waals surface area contributed by atoms with E-state index in [1.165, 1.54) is 6.26 Å². The van der Waals surface area contributed by atoms with Gasteiger partial charge in [0.2, 0.25) is 0 Å². The van der Waals surface area contributed by atoms with Crippen LogP contribution in [0.15, 0.2) is 47.1 Å². The average Bonchev–Trinajstić information content (AvgIpc) is 2.98. The minimum atomic E-state index is -1.05. The Bertz CT molecular complexity index is 592. The van der Waals surface area contributed by atoms with Gasteiger partial charge in [0.05, 0.1) is 12.8 Å². The monoisotopic (exact) mass is 290 g/mol. The molecule has 7 heteroatoms. The summed E-state index contributed by atoms with van der Waals surface area (Å²) in [5, 5.41) is 13.8. The molecule has 0 aliphatic heterocycles. The molecule has 0 spiro atoms. The molecule has 2 rings (SSSR count). The number of ether oxygens (including phenoxy) is 1. The first-order valence-corrected chi connectivity index (χ1v) is 6.15. The number of hydrogen-bond acceptors (Lipinski definition) is 4. The lowest BCUT2D eigenvalue weighted by Crippen LogP contribution is -2.27. The summed E-state index contributed by atoms with van der Waals surface area (Å²) in [6.07, 6.45) is 1.53. The highest BCUT2D eigenvalue weighted by Crippen LogP contribution is 2.15. The van der Waals surface area contributed by atoms with Crippen LogP contribution in [0.3, 0.4) is 0 Å². The number of anilines is 1. The number of urea groups is 1. The molecule has 2 aromatic rings. The van der Waals surface area contributed by atoms with Crippen molar-refractivity contribution < 1.29 is 23.8 Å². The summed E-state index contributed by atoms with van der Waals surface area (Å²) in [5.41, 5.74) is 0.564. The Hall–Kier alpha value is -2.96. The zero-order valence-electron chi connectivity index (χ0n) is 11.0. The molecule has 7 nitrogen and oxygen atoms in total. The maximum atomic E-state index is 11.6. The molecule has 3 N–H and O–H groups in total. The number of aliphatic carboxylic acids is 1. The Balaban J connectivity index is 1.79. The van der Waals surface area contributed by atoms with Gasteiger partial charge in [0, 0.05) is 5.69 Å². The molecule has 0 saturated carbocycles. The van der Waals surface area contributed by atoms with Gasteiger partial charge in [-0.25, -0.2) is 9.59 Å². The number of rotatable bonds is 6. The van der Waals surface area contributed by atoms with E-state index in [1.807, 2.05) is 0 Å². The van der Waals surface area contributed by atoms with Gasteiger partial charge >= 0.3 is 12.0 Å². The molecule has 110 valence electrons. The number of carboxylic acid groups (broad SMARTS) is 1. The maximum absolute atomic E-state index is 11.6. The maximum Gasteiger partial charge on any atom is 0.341 e. The molecule has 2 amide bonds. The zero-order valence-corrected chi connectivity index (χ0v) is 11.0. The standard InChI is InChI=1S/C14H14N2O5/c17-13(18)9-21-11-5-3-10(4-6-11)16-14(19)15-8-12-2-1-7-20-12/h1-7H,8-9H2,(H,17,18)(H2,15,16,19). The van der Waals surface area contributed by atoms with E-state index in [1.54, 1.807) is 36.4 Å². The Labute approximate surface area is 120 Å². The lowest BCUT2D eigenvalue weighted by molar-refractivity contribution is -0.139. The van der Waals surface area contributed by atoms with Crippen molar-refractivity contribution in [2.45, 2.75) is 6.54 Å². The predicted molar refractivity (Wildman–Crippen MR) is 74.1 cm³/mol. The summed E-state index contributed by atoms with van der Waals surface area (Å²) >= 11 is 0. The van der Waals surface area contributed by atoms with Crippen LogP contribution in [0, 0.1) is 0 Å². The second kappa shape index (κ2) is 6.99. The topological polar surface area (TPSA) is 101 Å². The Morgan fingerprint density at radius 2 is 1.95 bits per heavy atom. The summed E-state index contributed by atoms with van der Waals surface area (Å²) in [6.45, 7) is -0.116. The molecule has 0 atom stereocenters. The summed E-state index contributed by atoms with van der Waals surface area (Å²) in [7, 11) is 0. The highest BCUT2D eigenvalue weighted by molar-refractivity contribution is 5.89. The van der Waals surface area contributed by atoms with Crippen LogP contribution in [0.1, 0.15) is 5.76 Å². The molecule has 21 heavy (non-hydrogen) atoms. The first-order valence-electron chi connectivity index (χ1n) is 6.15. The fourth-order valence-electron chi connectivity index (χ4n) is 1.54. The van der Waals surface area contributed by atoms with Crippen LogP contribution in [-0.2, 0) is 11.3 Å². The average molecular weight is 290 g/mol. The van der Waals surface area contributed by atoms with Gasteiger partial charge in [-0.2, -0.15) is 0 Å². The van der Waals surface area contributed by atoms with Gasteiger partial charge in [-0.1, -0.05) is 0 Å². The third-order valence-electron chi connectivity index (χ3n) is 2.48. The van der Waals surface area contributed by atoms with Gasteiger partial charge in [-0.3, -0.25) is 0 Å². The van der Waals surface area contributed by atoms with Gasteiger partial charge in [-0.05, 0) is 36.4 Å². The molecule has 0 fully saturated rings. The lowest BCUT2D eigenvalue weighted by atomic mass is 10.3. The van der Waals surface area contributed by atoms with E-state index in [4.69, 9.17) is 14.3 Å². The van der Waals surface area contributed by atoms with Crippen molar-refractivity contribution in [2.75, 3.05) is 11.9 Å². The van der Waals surface area contributed by atoms with Gasteiger partial charge in [0.1, 0.15) is 11.5 Å². The van der Waals surface area contributed by atoms with E-state index in [9.17, 15) is 9.59 Å². The minimum Gasteiger partial charge on any atom is -0.482 e. The smallest absolute Gasteiger partial charge is 0.341 e. The third kappa shape index (κ3) is 4.90. The van der Waals surface area contributed by atoms with Crippen molar-refractivity contribution in [3.8, 4) is 5.75 Å². The number of benzene rings is 1. The molecule has 0 radical (unpaired) electrons. The number of carbonyl (C=O) groups is 2. The van der Waals surface area contributed by atoms with Crippen molar-refractivity contribution in [2.24, 2.45) is 0 Å². The van der Waals surface area contributed by atoms with Gasteiger partial charge in [0.15, 0.2) is 6.61 Å². The molecule has 1 aromatic carbocycles. The Morgan fingerprint density at radius 3 is 2.57 bits per heavy atom. The minimum absolute atomic E-state index is 0.290. The van der Waals surface area contributed by atoms with Crippen molar-refractivity contribution in [3.63, 3.8) is 0 Å². The lowest BCUT2D eigenvalue weighted by Gasteiger charge is -2.08. The van der Waals surface area contributed by atoms with Crippen molar-refractivity contribution in [1.82, 2.24) is 5.32 Å². The first-order chi connectivity index (χ1) is 10.1. The van der Waals surface area contributed by atoms with Crippen LogP contribution < -0.4 is 15.4 Å². The van der Waals surface area contributed by atoms with Crippen molar-refractivity contribution in [3.05, 3.63) is 48.4 Å². The second-order valence-electron chi connectivity index (χ2n) is 4.09. The number of carboxylic acids is 1. The molecule has 1 aromatic heterocycles. The van der Waals surface area contributed by atoms with Crippen LogP contribution in [0.5, 0.6) is 5.75 Å². The van der Waals surface area contributed by atoms with Crippen molar-refractivity contribution >= 4 is 17.7 Å². The fraction of sp³-hybridized carbons (Fsp3) is 0.143. The van der Waals surface area contributed by atoms with Crippen molar-refractivity contribution in [1.29, 1.82) is 0 Å². The Kier molecular flexibility index (Phi) is 4.81. The van der Waals surface area contributed by atoms with Crippen LogP contribution in [0.4, 0.5) is 10.5 Å². The van der Waals surface area contributed by atoms with E-state index in [0.29, 0.717) is 23.7 Å². The molecule has 0 aliphatic rings. The van der Waals surface area contributed by atoms with Crippen LogP contribution in [0.2, 0.25) is 0 Å². The summed E-state index contributed by atoms with van der Waals surface area (Å²) in [5.74, 6) is 0.0241. The van der Waals surface area contributed by atoms with Gasteiger partial charge in [-0.15, -0.1) is 0 Å². The van der Waals surface area contributed by atoms with E-state index >= 15 is 0 Å². The van der Waals surface area contributed by atoms with Crippen LogP contribution >= 0.6 is 0 Å². The molecular formula is C14H14N2O5. The number of nitrogens with one attached hydrogen (secondary N) is 2. The third-order valence-corrected chi connectivity index (χ3v) is 2.48. The Morgan fingerprint density at radius 1 is 1.19 bits per heavy atom. The quantitative estimate of drug-likeness (QED) is 0.756. The zero-order chi connectivity index (χ0) is 15.1. The van der Waals surface area contributed by atoms with Crippen LogP contribution in [-0.4, -0.2) is 23.7 Å². The van der Waals surface area contributed by atoms with Gasteiger partial charge < -0.3 is 24.9 Å². The van der Waals surface area contributed by atoms with Gasteiger partial charge in [0.25, 0.3) is 0 Å².